The molecule has 38 heavy (non-hydrogen) atoms. The second-order valence-electron chi connectivity index (χ2n) is 8.15. The number of hydrogen-bond donors (Lipinski definition) is 1. The first kappa shape index (κ1) is 27.5. The molecule has 1 atom stereocenters. The van der Waals surface area contributed by atoms with E-state index in [0.717, 1.165) is 29.4 Å². The summed E-state index contributed by atoms with van der Waals surface area (Å²) in [5.41, 5.74) is 1.25. The van der Waals surface area contributed by atoms with E-state index in [-0.39, 0.29) is 12.3 Å². The molecule has 6 nitrogen and oxygen atoms in total. The van der Waals surface area contributed by atoms with Crippen LogP contribution in [0, 0.1) is 0 Å². The van der Waals surface area contributed by atoms with Gasteiger partial charge in [-0.15, -0.1) is 0 Å². The number of alkyl halides is 3. The summed E-state index contributed by atoms with van der Waals surface area (Å²) in [7, 11) is 0. The van der Waals surface area contributed by atoms with E-state index in [1.807, 2.05) is 11.5 Å². The van der Waals surface area contributed by atoms with Crippen LogP contribution in [-0.2, 0) is 22.3 Å². The zero-order valence-electron chi connectivity index (χ0n) is 20.4. The molecule has 0 radical (unpaired) electrons. The lowest BCUT2D eigenvalue weighted by Crippen LogP contribution is -2.20. The van der Waals surface area contributed by atoms with Crippen molar-refractivity contribution in [2.75, 3.05) is 11.9 Å². The van der Waals surface area contributed by atoms with Crippen LogP contribution in [0.15, 0.2) is 71.9 Å². The first-order valence-electron chi connectivity index (χ1n) is 11.7. The number of nitrogens with zero attached hydrogens (tertiary/aromatic N) is 2. The van der Waals surface area contributed by atoms with Crippen LogP contribution < -0.4 is 5.32 Å². The summed E-state index contributed by atoms with van der Waals surface area (Å²) in [5.74, 6) is -0.990. The van der Waals surface area contributed by atoms with Crippen molar-refractivity contribution < 1.29 is 27.5 Å². The molecule has 1 amide bonds. The Hall–Kier alpha value is -3.50. The van der Waals surface area contributed by atoms with Gasteiger partial charge < -0.3 is 14.6 Å². The SMILES string of the molecule is CCOC(=O)c1ccc2c(c1)nc(S[C@H](C(=O)Nc1ccc(Cl)c(C(F)(F)F)c1)c1ccccc1)n2CC. The van der Waals surface area contributed by atoms with Crippen LogP contribution in [0.5, 0.6) is 0 Å². The van der Waals surface area contributed by atoms with Crippen molar-refractivity contribution in [3.05, 3.63) is 88.4 Å². The number of benzene rings is 3. The van der Waals surface area contributed by atoms with Crippen LogP contribution in [-0.4, -0.2) is 28.0 Å². The number of aromatic nitrogens is 2. The Bertz CT molecular complexity index is 1480. The van der Waals surface area contributed by atoms with Gasteiger partial charge in [-0.3, -0.25) is 4.79 Å². The molecular formula is C27H23ClF3N3O3S. The van der Waals surface area contributed by atoms with E-state index in [9.17, 15) is 22.8 Å². The quantitative estimate of drug-likeness (QED) is 0.179. The third kappa shape index (κ3) is 5.97. The van der Waals surface area contributed by atoms with Gasteiger partial charge in [0.25, 0.3) is 0 Å². The number of hydrogen-bond acceptors (Lipinski definition) is 5. The minimum atomic E-state index is -4.67. The molecule has 11 heteroatoms. The molecular weight excluding hydrogens is 539 g/mol. The van der Waals surface area contributed by atoms with E-state index >= 15 is 0 Å². The van der Waals surface area contributed by atoms with E-state index in [2.05, 4.69) is 10.3 Å². The zero-order valence-corrected chi connectivity index (χ0v) is 22.0. The molecule has 1 N–H and O–H groups in total. The average Bonchev–Trinajstić information content (AvgIpc) is 3.24. The summed E-state index contributed by atoms with van der Waals surface area (Å²) in [5, 5.41) is 1.81. The molecule has 0 aliphatic rings. The highest BCUT2D eigenvalue weighted by Crippen LogP contribution is 2.39. The number of carbonyl (C=O) groups is 2. The summed E-state index contributed by atoms with van der Waals surface area (Å²) in [6, 6.07) is 17.2. The highest BCUT2D eigenvalue weighted by Gasteiger charge is 2.34. The first-order chi connectivity index (χ1) is 18.1. The predicted octanol–water partition coefficient (Wildman–Crippen LogP) is 7.38. The lowest BCUT2D eigenvalue weighted by atomic mass is 10.1. The van der Waals surface area contributed by atoms with Crippen molar-refractivity contribution in [3.8, 4) is 0 Å². The van der Waals surface area contributed by atoms with Gasteiger partial charge in [0.05, 0.1) is 33.8 Å². The van der Waals surface area contributed by atoms with Crippen molar-refractivity contribution in [1.82, 2.24) is 9.55 Å². The van der Waals surface area contributed by atoms with Crippen LogP contribution in [0.25, 0.3) is 11.0 Å². The summed E-state index contributed by atoms with van der Waals surface area (Å²) >= 11 is 6.89. The number of anilines is 1. The summed E-state index contributed by atoms with van der Waals surface area (Å²) < 4.78 is 47.0. The Kier molecular flexibility index (Phi) is 8.32. The second-order valence-corrected chi connectivity index (χ2v) is 9.63. The number of fused-ring (bicyclic) bond motifs is 1. The smallest absolute Gasteiger partial charge is 0.417 e. The van der Waals surface area contributed by atoms with Gasteiger partial charge in [-0.05, 0) is 55.8 Å². The van der Waals surface area contributed by atoms with Gasteiger partial charge in [-0.25, -0.2) is 9.78 Å². The minimum Gasteiger partial charge on any atom is -0.462 e. The van der Waals surface area contributed by atoms with Gasteiger partial charge in [0.1, 0.15) is 5.25 Å². The van der Waals surface area contributed by atoms with Crippen LogP contribution in [0.1, 0.15) is 40.6 Å². The standard InChI is InChI=1S/C27H23ClF3N3O3S/c1-3-34-22-13-10-17(25(36)37-4-2)14-21(22)33-26(34)38-23(16-8-6-5-7-9-16)24(35)32-18-11-12-20(28)19(15-18)27(29,30)31/h5-15,23H,3-4H2,1-2H3,(H,32,35)/t23-/m0/s1. The van der Waals surface area contributed by atoms with E-state index < -0.39 is 33.9 Å². The number of esters is 1. The molecule has 1 heterocycles. The number of nitrogens with one attached hydrogen (secondary N) is 1. The Balaban J connectivity index is 1.69. The van der Waals surface area contributed by atoms with Crippen molar-refractivity contribution in [3.63, 3.8) is 0 Å². The molecule has 3 aromatic carbocycles. The third-order valence-corrected chi connectivity index (χ3v) is 7.22. The summed E-state index contributed by atoms with van der Waals surface area (Å²) in [6.07, 6.45) is -4.67. The van der Waals surface area contributed by atoms with Crippen LogP contribution >= 0.6 is 23.4 Å². The Morgan fingerprint density at radius 2 is 1.82 bits per heavy atom. The van der Waals surface area contributed by atoms with Crippen molar-refractivity contribution in [2.45, 2.75) is 37.0 Å². The van der Waals surface area contributed by atoms with Crippen molar-refractivity contribution in [1.29, 1.82) is 0 Å². The first-order valence-corrected chi connectivity index (χ1v) is 12.9. The van der Waals surface area contributed by atoms with Gasteiger partial charge in [0.15, 0.2) is 5.16 Å². The fourth-order valence-electron chi connectivity index (χ4n) is 3.88. The van der Waals surface area contributed by atoms with Gasteiger partial charge in [-0.1, -0.05) is 53.7 Å². The van der Waals surface area contributed by atoms with E-state index in [0.29, 0.717) is 28.3 Å². The number of halogens is 4. The van der Waals surface area contributed by atoms with Gasteiger partial charge in [0, 0.05) is 12.2 Å². The predicted molar refractivity (Wildman–Crippen MR) is 141 cm³/mol. The average molecular weight is 562 g/mol. The molecule has 0 saturated carbocycles. The number of imidazole rings is 1. The third-order valence-electron chi connectivity index (χ3n) is 5.64. The van der Waals surface area contributed by atoms with Gasteiger partial charge >= 0.3 is 12.1 Å². The molecule has 4 rings (SSSR count). The maximum atomic E-state index is 13.4. The number of carbonyl (C=O) groups excluding carboxylic acids is 2. The monoisotopic (exact) mass is 561 g/mol. The Labute approximate surface area is 226 Å². The fraction of sp³-hybridized carbons (Fsp3) is 0.222. The van der Waals surface area contributed by atoms with E-state index in [1.54, 1.807) is 55.5 Å². The molecule has 0 unspecified atom stereocenters. The lowest BCUT2D eigenvalue weighted by molar-refractivity contribution is -0.137. The number of amides is 1. The molecule has 0 bridgehead atoms. The molecule has 0 aliphatic heterocycles. The van der Waals surface area contributed by atoms with Crippen LogP contribution in [0.3, 0.4) is 0 Å². The van der Waals surface area contributed by atoms with Crippen molar-refractivity contribution in [2.24, 2.45) is 0 Å². The minimum absolute atomic E-state index is 0.0312. The van der Waals surface area contributed by atoms with Crippen molar-refractivity contribution >= 4 is 52.0 Å². The highest BCUT2D eigenvalue weighted by molar-refractivity contribution is 8.00. The number of rotatable bonds is 8. The Morgan fingerprint density at radius 1 is 1.08 bits per heavy atom. The molecule has 0 aliphatic carbocycles. The second kappa shape index (κ2) is 11.5. The maximum absolute atomic E-state index is 13.4. The summed E-state index contributed by atoms with van der Waals surface area (Å²) in [4.78, 5) is 30.3. The van der Waals surface area contributed by atoms with Gasteiger partial charge in [-0.2, -0.15) is 13.2 Å². The van der Waals surface area contributed by atoms with Crippen LogP contribution in [0.2, 0.25) is 5.02 Å². The molecule has 0 fully saturated rings. The van der Waals surface area contributed by atoms with Gasteiger partial charge in [0.2, 0.25) is 5.91 Å². The summed E-state index contributed by atoms with van der Waals surface area (Å²) in [6.45, 7) is 4.42. The molecule has 198 valence electrons. The molecule has 1 aromatic heterocycles. The zero-order chi connectivity index (χ0) is 27.4. The number of aryl methyl sites for hydroxylation is 1. The number of thioether (sulfide) groups is 1. The largest absolute Gasteiger partial charge is 0.462 e. The molecule has 0 spiro atoms. The molecule has 4 aromatic rings. The van der Waals surface area contributed by atoms with Crippen LogP contribution in [0.4, 0.5) is 18.9 Å². The normalized spacial score (nSPS) is 12.4. The van der Waals surface area contributed by atoms with E-state index in [4.69, 9.17) is 16.3 Å². The molecule has 0 saturated heterocycles. The topological polar surface area (TPSA) is 73.2 Å². The maximum Gasteiger partial charge on any atom is 0.417 e. The number of ether oxygens (including phenoxy) is 1. The highest BCUT2D eigenvalue weighted by atomic mass is 35.5. The Morgan fingerprint density at radius 3 is 2.47 bits per heavy atom. The fourth-order valence-corrected chi connectivity index (χ4v) is 5.28. The lowest BCUT2D eigenvalue weighted by Gasteiger charge is -2.18. The van der Waals surface area contributed by atoms with E-state index in [1.165, 1.54) is 6.07 Å².